The Morgan fingerprint density at radius 3 is 2.48 bits per heavy atom. The van der Waals surface area contributed by atoms with Crippen LogP contribution < -0.4 is 10.1 Å². The molecule has 2 aromatic rings. The number of amides is 4. The van der Waals surface area contributed by atoms with Gasteiger partial charge in [-0.05, 0) is 32.4 Å². The molecule has 2 aromatic carbocycles. The van der Waals surface area contributed by atoms with Crippen LogP contribution in [0.25, 0.3) is 0 Å². The molecular weight excluding hydrogens is 394 g/mol. The minimum atomic E-state index is -1.18. The Hall–Kier alpha value is -3.35. The van der Waals surface area contributed by atoms with Gasteiger partial charge >= 0.3 is 6.03 Å². The summed E-state index contributed by atoms with van der Waals surface area (Å²) in [7, 11) is 0. The average Bonchev–Trinajstić information content (AvgIpc) is 2.97. The highest BCUT2D eigenvalue weighted by atomic mass is 16.5. The van der Waals surface area contributed by atoms with Crippen molar-refractivity contribution in [3.63, 3.8) is 0 Å². The van der Waals surface area contributed by atoms with E-state index in [4.69, 9.17) is 4.74 Å². The van der Waals surface area contributed by atoms with Gasteiger partial charge in [0.1, 0.15) is 12.3 Å². The van der Waals surface area contributed by atoms with Crippen LogP contribution in [0.3, 0.4) is 0 Å². The number of benzene rings is 2. The molecule has 0 unspecified atom stereocenters. The number of ether oxygens (including phenoxy) is 1. The predicted molar refractivity (Wildman–Crippen MR) is 115 cm³/mol. The number of urea groups is 1. The summed E-state index contributed by atoms with van der Waals surface area (Å²) >= 11 is 0. The monoisotopic (exact) mass is 421 g/mol. The third kappa shape index (κ3) is 3.76. The van der Waals surface area contributed by atoms with Crippen molar-refractivity contribution in [1.29, 1.82) is 0 Å². The van der Waals surface area contributed by atoms with Crippen LogP contribution in [0.1, 0.15) is 38.3 Å². The SMILES string of the molecule is CC(C)(C)N(Cc1ccccc1)C(=O)CN1C(=O)N[C@@]2(CCOc3ccccc32)C1=O. The van der Waals surface area contributed by atoms with E-state index in [0.29, 0.717) is 30.9 Å². The molecule has 1 fully saturated rings. The second kappa shape index (κ2) is 7.72. The van der Waals surface area contributed by atoms with E-state index in [1.165, 1.54) is 0 Å². The maximum Gasteiger partial charge on any atom is 0.325 e. The normalized spacial score (nSPS) is 20.3. The predicted octanol–water partition coefficient (Wildman–Crippen LogP) is 3.04. The number of rotatable bonds is 4. The molecule has 1 spiro atoms. The quantitative estimate of drug-likeness (QED) is 0.770. The second-order valence-electron chi connectivity index (χ2n) is 8.96. The summed E-state index contributed by atoms with van der Waals surface area (Å²) in [5.41, 5.74) is -0.0443. The lowest BCUT2D eigenvalue weighted by atomic mass is 9.84. The number of carbonyl (C=O) groups excluding carboxylic acids is 3. The van der Waals surface area contributed by atoms with Crippen LogP contribution in [-0.2, 0) is 21.7 Å². The fourth-order valence-corrected chi connectivity index (χ4v) is 4.20. The summed E-state index contributed by atoms with van der Waals surface area (Å²) in [5, 5.41) is 2.84. The minimum Gasteiger partial charge on any atom is -0.493 e. The third-order valence-corrected chi connectivity index (χ3v) is 5.84. The van der Waals surface area contributed by atoms with Gasteiger partial charge in [0, 0.05) is 24.1 Å². The number of nitrogens with zero attached hydrogens (tertiary/aromatic N) is 2. The van der Waals surface area contributed by atoms with Gasteiger partial charge in [0.15, 0.2) is 5.54 Å². The molecule has 4 rings (SSSR count). The van der Waals surface area contributed by atoms with Crippen LogP contribution in [0.5, 0.6) is 5.75 Å². The van der Waals surface area contributed by atoms with E-state index in [9.17, 15) is 14.4 Å². The Bertz CT molecular complexity index is 1010. The van der Waals surface area contributed by atoms with Crippen molar-refractivity contribution in [2.45, 2.75) is 44.8 Å². The first-order valence-electron chi connectivity index (χ1n) is 10.4. The van der Waals surface area contributed by atoms with Gasteiger partial charge in [0.25, 0.3) is 5.91 Å². The van der Waals surface area contributed by atoms with Crippen LogP contribution in [0.2, 0.25) is 0 Å². The van der Waals surface area contributed by atoms with Crippen molar-refractivity contribution in [3.8, 4) is 5.75 Å². The van der Waals surface area contributed by atoms with E-state index in [1.807, 2.05) is 63.2 Å². The zero-order valence-electron chi connectivity index (χ0n) is 18.1. The van der Waals surface area contributed by atoms with Crippen molar-refractivity contribution in [1.82, 2.24) is 15.1 Å². The second-order valence-corrected chi connectivity index (χ2v) is 8.96. The van der Waals surface area contributed by atoms with Gasteiger partial charge in [-0.15, -0.1) is 0 Å². The van der Waals surface area contributed by atoms with E-state index in [2.05, 4.69) is 5.32 Å². The van der Waals surface area contributed by atoms with Crippen LogP contribution in [0.15, 0.2) is 54.6 Å². The van der Waals surface area contributed by atoms with Crippen LogP contribution >= 0.6 is 0 Å². The van der Waals surface area contributed by atoms with Crippen LogP contribution in [0, 0.1) is 0 Å². The average molecular weight is 421 g/mol. The minimum absolute atomic E-state index is 0.280. The zero-order valence-corrected chi connectivity index (χ0v) is 18.1. The number of hydrogen-bond acceptors (Lipinski definition) is 4. The molecule has 7 heteroatoms. The summed E-state index contributed by atoms with van der Waals surface area (Å²) in [6, 6.07) is 16.3. The number of para-hydroxylation sites is 1. The zero-order chi connectivity index (χ0) is 22.2. The van der Waals surface area contributed by atoms with Gasteiger partial charge < -0.3 is 15.0 Å². The number of nitrogens with one attached hydrogen (secondary N) is 1. The summed E-state index contributed by atoms with van der Waals surface area (Å²) in [6.45, 7) is 6.23. The summed E-state index contributed by atoms with van der Waals surface area (Å²) < 4.78 is 5.66. The lowest BCUT2D eigenvalue weighted by Crippen LogP contribution is -2.51. The standard InChI is InChI=1S/C24H27N3O4/c1-23(2,3)27(15-17-9-5-4-6-10-17)20(28)16-26-21(29)24(25-22(26)30)13-14-31-19-12-8-7-11-18(19)24/h4-12H,13-16H2,1-3H3,(H,25,30)/t24-/m1/s1. The van der Waals surface area contributed by atoms with Crippen LogP contribution in [-0.4, -0.2) is 46.3 Å². The lowest BCUT2D eigenvalue weighted by molar-refractivity contribution is -0.143. The molecule has 162 valence electrons. The van der Waals surface area contributed by atoms with Gasteiger partial charge in [-0.25, -0.2) is 4.79 Å². The molecule has 2 aliphatic rings. The molecule has 2 aliphatic heterocycles. The van der Waals surface area contributed by atoms with E-state index >= 15 is 0 Å². The summed E-state index contributed by atoms with van der Waals surface area (Å²) in [4.78, 5) is 42.3. The molecule has 4 amide bonds. The summed E-state index contributed by atoms with van der Waals surface area (Å²) in [5.74, 6) is -0.108. The molecule has 2 heterocycles. The first-order chi connectivity index (χ1) is 14.7. The van der Waals surface area contributed by atoms with E-state index in [-0.39, 0.29) is 12.5 Å². The van der Waals surface area contributed by atoms with E-state index in [0.717, 1.165) is 10.5 Å². The Labute approximate surface area is 182 Å². The molecule has 0 bridgehead atoms. The molecular formula is C24H27N3O4. The molecule has 0 aliphatic carbocycles. The van der Waals surface area contributed by atoms with Crippen LogP contribution in [0.4, 0.5) is 4.79 Å². The third-order valence-electron chi connectivity index (χ3n) is 5.84. The van der Waals surface area contributed by atoms with Gasteiger partial charge in [-0.2, -0.15) is 0 Å². The van der Waals surface area contributed by atoms with Crippen molar-refractivity contribution < 1.29 is 19.1 Å². The fraction of sp³-hybridized carbons (Fsp3) is 0.375. The molecule has 0 saturated carbocycles. The van der Waals surface area contributed by atoms with Gasteiger partial charge in [0.2, 0.25) is 5.91 Å². The molecule has 1 N–H and O–H groups in total. The molecule has 1 atom stereocenters. The summed E-state index contributed by atoms with van der Waals surface area (Å²) in [6.07, 6.45) is 0.326. The maximum atomic E-state index is 13.4. The molecule has 1 saturated heterocycles. The first kappa shape index (κ1) is 20.9. The van der Waals surface area contributed by atoms with Crippen molar-refractivity contribution >= 4 is 17.8 Å². The molecule has 0 radical (unpaired) electrons. The number of fused-ring (bicyclic) bond motifs is 2. The highest BCUT2D eigenvalue weighted by Gasteiger charge is 2.55. The Balaban J connectivity index is 1.58. The lowest BCUT2D eigenvalue weighted by Gasteiger charge is -2.37. The number of imide groups is 1. The Morgan fingerprint density at radius 2 is 1.77 bits per heavy atom. The largest absolute Gasteiger partial charge is 0.493 e. The molecule has 31 heavy (non-hydrogen) atoms. The van der Waals surface area contributed by atoms with E-state index in [1.54, 1.807) is 17.0 Å². The van der Waals surface area contributed by atoms with Gasteiger partial charge in [-0.1, -0.05) is 48.5 Å². The van der Waals surface area contributed by atoms with Crippen molar-refractivity contribution in [3.05, 3.63) is 65.7 Å². The molecule has 0 aromatic heterocycles. The Morgan fingerprint density at radius 1 is 1.10 bits per heavy atom. The fourth-order valence-electron chi connectivity index (χ4n) is 4.20. The smallest absolute Gasteiger partial charge is 0.325 e. The molecule has 7 nitrogen and oxygen atoms in total. The first-order valence-corrected chi connectivity index (χ1v) is 10.4. The number of carbonyl (C=O) groups is 3. The maximum absolute atomic E-state index is 13.4. The van der Waals surface area contributed by atoms with E-state index < -0.39 is 23.0 Å². The Kier molecular flexibility index (Phi) is 5.21. The van der Waals surface area contributed by atoms with Crippen molar-refractivity contribution in [2.75, 3.05) is 13.2 Å². The highest BCUT2D eigenvalue weighted by Crippen LogP contribution is 2.41. The van der Waals surface area contributed by atoms with Crippen molar-refractivity contribution in [2.24, 2.45) is 0 Å². The number of hydrogen-bond donors (Lipinski definition) is 1. The van der Waals surface area contributed by atoms with Gasteiger partial charge in [-0.3, -0.25) is 14.5 Å². The van der Waals surface area contributed by atoms with Gasteiger partial charge in [0.05, 0.1) is 6.61 Å². The highest BCUT2D eigenvalue weighted by molar-refractivity contribution is 6.09. The topological polar surface area (TPSA) is 79.0 Å².